The van der Waals surface area contributed by atoms with Crippen molar-refractivity contribution in [2.75, 3.05) is 13.7 Å². The van der Waals surface area contributed by atoms with Gasteiger partial charge in [-0.05, 0) is 67.6 Å². The summed E-state index contributed by atoms with van der Waals surface area (Å²) in [6, 6.07) is 8.27. The van der Waals surface area contributed by atoms with Crippen molar-refractivity contribution in [3.05, 3.63) is 53.1 Å². The second-order valence-corrected chi connectivity index (χ2v) is 8.02. The number of nitrogens with zero attached hydrogens (tertiary/aromatic N) is 1. The molecule has 1 fully saturated rings. The van der Waals surface area contributed by atoms with E-state index in [-0.39, 0.29) is 18.4 Å². The lowest BCUT2D eigenvalue weighted by molar-refractivity contribution is -0.139. The number of hydrogen-bond acceptors (Lipinski definition) is 3. The first-order chi connectivity index (χ1) is 15.1. The van der Waals surface area contributed by atoms with Crippen molar-refractivity contribution < 1.29 is 32.6 Å². The van der Waals surface area contributed by atoms with Crippen molar-refractivity contribution >= 4 is 11.9 Å². The Bertz CT molecular complexity index is 1010. The third-order valence-corrected chi connectivity index (χ3v) is 5.80. The Morgan fingerprint density at radius 2 is 1.84 bits per heavy atom. The van der Waals surface area contributed by atoms with E-state index < -0.39 is 23.6 Å². The molecule has 1 atom stereocenters. The number of carboxylic acids is 1. The monoisotopic (exact) mass is 449 g/mol. The Balaban J connectivity index is 2.13. The first-order valence-electron chi connectivity index (χ1n) is 10.5. The lowest BCUT2D eigenvalue weighted by atomic mass is 9.92. The van der Waals surface area contributed by atoms with E-state index in [0.717, 1.165) is 25.0 Å². The normalized spacial score (nSPS) is 14.7. The van der Waals surface area contributed by atoms with Crippen molar-refractivity contribution in [1.29, 1.82) is 0 Å². The summed E-state index contributed by atoms with van der Waals surface area (Å²) in [5.74, 6) is -1.53. The van der Waals surface area contributed by atoms with Gasteiger partial charge in [-0.3, -0.25) is 9.59 Å². The minimum atomic E-state index is -4.53. The third-order valence-electron chi connectivity index (χ3n) is 5.80. The van der Waals surface area contributed by atoms with Crippen molar-refractivity contribution in [2.45, 2.75) is 45.3 Å². The molecule has 0 unspecified atom stereocenters. The highest BCUT2D eigenvalue weighted by Crippen LogP contribution is 2.39. The highest BCUT2D eigenvalue weighted by atomic mass is 19.4. The number of rotatable bonds is 8. The Morgan fingerprint density at radius 1 is 1.16 bits per heavy atom. The predicted molar refractivity (Wildman–Crippen MR) is 113 cm³/mol. The van der Waals surface area contributed by atoms with Crippen molar-refractivity contribution in [3.8, 4) is 16.9 Å². The summed E-state index contributed by atoms with van der Waals surface area (Å²) in [5.41, 5.74) is 0.975. The Kier molecular flexibility index (Phi) is 6.81. The van der Waals surface area contributed by atoms with E-state index in [0.29, 0.717) is 34.5 Å². The molecule has 1 aliphatic rings. The fraction of sp³-hybridized carbons (Fsp3) is 0.417. The van der Waals surface area contributed by atoms with E-state index in [2.05, 4.69) is 0 Å². The van der Waals surface area contributed by atoms with Gasteiger partial charge in [-0.2, -0.15) is 13.2 Å². The molecule has 0 radical (unpaired) electrons. The first kappa shape index (κ1) is 23.6. The average molecular weight is 449 g/mol. The lowest BCUT2D eigenvalue weighted by Gasteiger charge is -2.24. The molecule has 2 aromatic carbocycles. The molecule has 1 N–H and O–H groups in total. The molecule has 0 heterocycles. The smallest absolute Gasteiger partial charge is 0.416 e. The summed E-state index contributed by atoms with van der Waals surface area (Å²) >= 11 is 0. The van der Waals surface area contributed by atoms with Crippen molar-refractivity contribution in [1.82, 2.24) is 4.90 Å². The number of amides is 1. The summed E-state index contributed by atoms with van der Waals surface area (Å²) < 4.78 is 45.8. The molecule has 0 spiro atoms. The number of carbonyl (C=O) groups is 2. The Morgan fingerprint density at radius 3 is 2.38 bits per heavy atom. The van der Waals surface area contributed by atoms with E-state index in [4.69, 9.17) is 4.74 Å². The van der Waals surface area contributed by atoms with E-state index in [9.17, 15) is 27.9 Å². The molecule has 1 amide bonds. The molecule has 5 nitrogen and oxygen atoms in total. The number of carbonyl (C=O) groups excluding carboxylic acids is 1. The van der Waals surface area contributed by atoms with Crippen LogP contribution in [0.15, 0.2) is 36.4 Å². The van der Waals surface area contributed by atoms with Gasteiger partial charge in [-0.1, -0.05) is 12.1 Å². The van der Waals surface area contributed by atoms with Gasteiger partial charge in [0.1, 0.15) is 5.75 Å². The number of ether oxygens (including phenoxy) is 1. The maximum absolute atomic E-state index is 13.5. The molecule has 172 valence electrons. The SMILES string of the molecule is CCN(Cc1cc(C(F)(F)F)ccc1-c1cc([C@@H](C)C(=O)O)ccc1OC)C(=O)C1CC1. The van der Waals surface area contributed by atoms with Crippen LogP contribution in [0.2, 0.25) is 0 Å². The first-order valence-corrected chi connectivity index (χ1v) is 10.5. The maximum atomic E-state index is 13.5. The Labute approximate surface area is 184 Å². The number of carboxylic acid groups (broad SMARTS) is 1. The molecule has 2 aromatic rings. The van der Waals surface area contributed by atoms with E-state index in [1.807, 2.05) is 0 Å². The molecule has 8 heteroatoms. The van der Waals surface area contributed by atoms with Gasteiger partial charge in [-0.25, -0.2) is 0 Å². The number of aliphatic carboxylic acids is 1. The summed E-state index contributed by atoms with van der Waals surface area (Å²) in [7, 11) is 1.44. The number of alkyl halides is 3. The number of methoxy groups -OCH3 is 1. The molecule has 1 aliphatic carbocycles. The van der Waals surface area contributed by atoms with Gasteiger partial charge in [0.25, 0.3) is 0 Å². The zero-order chi connectivity index (χ0) is 23.6. The maximum Gasteiger partial charge on any atom is 0.416 e. The fourth-order valence-electron chi connectivity index (χ4n) is 3.65. The number of benzene rings is 2. The zero-order valence-electron chi connectivity index (χ0n) is 18.2. The van der Waals surface area contributed by atoms with Crippen LogP contribution in [0.1, 0.15) is 49.3 Å². The standard InChI is InChI=1S/C24H26F3NO4/c1-4-28(22(29)15-5-6-15)13-17-11-18(24(25,26)27)8-9-19(17)20-12-16(14(2)23(30)31)7-10-21(20)32-3/h7-12,14-15H,4-6,13H2,1-3H3,(H,30,31)/t14-/m1/s1. The highest BCUT2D eigenvalue weighted by molar-refractivity contribution is 5.82. The summed E-state index contributed by atoms with van der Waals surface area (Å²) in [6.45, 7) is 3.73. The van der Waals surface area contributed by atoms with Gasteiger partial charge >= 0.3 is 12.1 Å². The second kappa shape index (κ2) is 9.22. The largest absolute Gasteiger partial charge is 0.496 e. The second-order valence-electron chi connectivity index (χ2n) is 8.02. The summed E-state index contributed by atoms with van der Waals surface area (Å²) in [6.07, 6.45) is -2.93. The quantitative estimate of drug-likeness (QED) is 0.592. The van der Waals surface area contributed by atoms with Crippen LogP contribution in [0.3, 0.4) is 0 Å². The van der Waals surface area contributed by atoms with Gasteiger partial charge in [-0.15, -0.1) is 0 Å². The van der Waals surface area contributed by atoms with Gasteiger partial charge in [0, 0.05) is 24.6 Å². The molecule has 0 saturated heterocycles. The van der Waals surface area contributed by atoms with Crippen LogP contribution < -0.4 is 4.74 Å². The number of halogens is 3. The van der Waals surface area contributed by atoms with E-state index in [1.165, 1.54) is 20.1 Å². The van der Waals surface area contributed by atoms with Crippen LogP contribution in [0.5, 0.6) is 5.75 Å². The van der Waals surface area contributed by atoms with Crippen LogP contribution >= 0.6 is 0 Å². The predicted octanol–water partition coefficient (Wildman–Crippen LogP) is 5.33. The third kappa shape index (κ3) is 5.06. The van der Waals surface area contributed by atoms with Crippen LogP contribution in [0.25, 0.3) is 11.1 Å². The van der Waals surface area contributed by atoms with Crippen molar-refractivity contribution in [3.63, 3.8) is 0 Å². The average Bonchev–Trinajstić information content (AvgIpc) is 3.60. The van der Waals surface area contributed by atoms with Crippen LogP contribution in [0, 0.1) is 5.92 Å². The van der Waals surface area contributed by atoms with Gasteiger partial charge < -0.3 is 14.7 Å². The minimum Gasteiger partial charge on any atom is -0.496 e. The van der Waals surface area contributed by atoms with Crippen LogP contribution in [-0.4, -0.2) is 35.5 Å². The van der Waals surface area contributed by atoms with E-state index >= 15 is 0 Å². The fourth-order valence-corrected chi connectivity index (χ4v) is 3.65. The van der Waals surface area contributed by atoms with Crippen LogP contribution in [0.4, 0.5) is 13.2 Å². The number of hydrogen-bond donors (Lipinski definition) is 1. The zero-order valence-corrected chi connectivity index (χ0v) is 18.2. The van der Waals surface area contributed by atoms with Gasteiger partial charge in [0.2, 0.25) is 5.91 Å². The summed E-state index contributed by atoms with van der Waals surface area (Å²) in [4.78, 5) is 25.6. The van der Waals surface area contributed by atoms with Gasteiger partial charge in [0.05, 0.1) is 18.6 Å². The lowest BCUT2D eigenvalue weighted by Crippen LogP contribution is -2.31. The van der Waals surface area contributed by atoms with Crippen molar-refractivity contribution in [2.24, 2.45) is 5.92 Å². The van der Waals surface area contributed by atoms with E-state index in [1.54, 1.807) is 30.0 Å². The molecule has 0 aliphatic heterocycles. The van der Waals surface area contributed by atoms with Crippen LogP contribution in [-0.2, 0) is 22.3 Å². The minimum absolute atomic E-state index is 0.0208. The molecule has 0 bridgehead atoms. The summed E-state index contributed by atoms with van der Waals surface area (Å²) in [5, 5.41) is 9.37. The van der Waals surface area contributed by atoms with Gasteiger partial charge in [0.15, 0.2) is 0 Å². The molecule has 0 aromatic heterocycles. The molecular weight excluding hydrogens is 423 g/mol. The molecule has 3 rings (SSSR count). The molecule has 1 saturated carbocycles. The Hall–Kier alpha value is -3.03. The molecule has 32 heavy (non-hydrogen) atoms. The highest BCUT2D eigenvalue weighted by Gasteiger charge is 2.34. The topological polar surface area (TPSA) is 66.8 Å². The molecular formula is C24H26F3NO4.